The standard InChI is InChI=1S/C33H41FN2O/c1-33(2,3)28-17-13-27(14-18-28)24-36(22-21-25-15-19-29(34)20-16-25)32(37)30-11-7-8-12-31(30)35-23-26-9-5-4-6-10-26/h7-8,11-20,26,35H,4-6,9-10,21-24H2,1-3H3. The minimum absolute atomic E-state index is 0.0220. The molecule has 196 valence electrons. The van der Waals surface area contributed by atoms with Crippen molar-refractivity contribution >= 4 is 11.6 Å². The second kappa shape index (κ2) is 12.4. The van der Waals surface area contributed by atoms with Crippen molar-refractivity contribution in [3.63, 3.8) is 0 Å². The Kier molecular flexibility index (Phi) is 9.02. The van der Waals surface area contributed by atoms with Crippen molar-refractivity contribution < 1.29 is 9.18 Å². The van der Waals surface area contributed by atoms with Crippen LogP contribution in [0.3, 0.4) is 0 Å². The van der Waals surface area contributed by atoms with Crippen LogP contribution in [-0.4, -0.2) is 23.9 Å². The van der Waals surface area contributed by atoms with Crippen LogP contribution in [0.2, 0.25) is 0 Å². The van der Waals surface area contributed by atoms with Gasteiger partial charge >= 0.3 is 0 Å². The van der Waals surface area contributed by atoms with Gasteiger partial charge in [0.2, 0.25) is 0 Å². The lowest BCUT2D eigenvalue weighted by Gasteiger charge is -2.26. The second-order valence-corrected chi connectivity index (χ2v) is 11.5. The molecule has 1 aliphatic carbocycles. The second-order valence-electron chi connectivity index (χ2n) is 11.5. The van der Waals surface area contributed by atoms with E-state index in [0.29, 0.717) is 31.0 Å². The first-order valence-corrected chi connectivity index (χ1v) is 13.8. The molecule has 1 aliphatic rings. The van der Waals surface area contributed by atoms with Crippen LogP contribution in [0.25, 0.3) is 0 Å². The average Bonchev–Trinajstić information content (AvgIpc) is 2.91. The van der Waals surface area contributed by atoms with E-state index in [4.69, 9.17) is 0 Å². The summed E-state index contributed by atoms with van der Waals surface area (Å²) in [6.45, 7) is 8.62. The van der Waals surface area contributed by atoms with Crippen molar-refractivity contribution in [1.29, 1.82) is 0 Å². The van der Waals surface area contributed by atoms with E-state index in [-0.39, 0.29) is 17.1 Å². The third-order valence-electron chi connectivity index (χ3n) is 7.53. The number of anilines is 1. The van der Waals surface area contributed by atoms with E-state index in [0.717, 1.165) is 23.4 Å². The first-order valence-electron chi connectivity index (χ1n) is 13.8. The van der Waals surface area contributed by atoms with Gasteiger partial charge in [0, 0.05) is 25.3 Å². The first kappa shape index (κ1) is 26.9. The molecule has 0 aromatic heterocycles. The average molecular weight is 501 g/mol. The molecule has 0 bridgehead atoms. The zero-order chi connectivity index (χ0) is 26.3. The molecular weight excluding hydrogens is 459 g/mol. The molecule has 0 radical (unpaired) electrons. The Morgan fingerprint density at radius 1 is 0.892 bits per heavy atom. The van der Waals surface area contributed by atoms with Crippen LogP contribution in [0.5, 0.6) is 0 Å². The Labute approximate surface area is 222 Å². The maximum Gasteiger partial charge on any atom is 0.256 e. The van der Waals surface area contributed by atoms with Gasteiger partial charge in [0.1, 0.15) is 5.82 Å². The van der Waals surface area contributed by atoms with Crippen molar-refractivity contribution in [3.05, 3.63) is 101 Å². The lowest BCUT2D eigenvalue weighted by Crippen LogP contribution is -2.33. The van der Waals surface area contributed by atoms with Crippen LogP contribution in [0.4, 0.5) is 10.1 Å². The quantitative estimate of drug-likeness (QED) is 0.323. The predicted octanol–water partition coefficient (Wildman–Crippen LogP) is 8.00. The summed E-state index contributed by atoms with van der Waals surface area (Å²) in [5.41, 5.74) is 5.10. The summed E-state index contributed by atoms with van der Waals surface area (Å²) in [4.78, 5) is 15.9. The van der Waals surface area contributed by atoms with Crippen LogP contribution in [0, 0.1) is 11.7 Å². The van der Waals surface area contributed by atoms with Gasteiger partial charge in [-0.25, -0.2) is 4.39 Å². The number of para-hydroxylation sites is 1. The summed E-state index contributed by atoms with van der Waals surface area (Å²) < 4.78 is 13.4. The van der Waals surface area contributed by atoms with Crippen molar-refractivity contribution in [1.82, 2.24) is 4.90 Å². The minimum atomic E-state index is -0.242. The van der Waals surface area contributed by atoms with E-state index < -0.39 is 0 Å². The molecule has 4 heteroatoms. The van der Waals surface area contributed by atoms with Gasteiger partial charge in [0.15, 0.2) is 0 Å². The summed E-state index contributed by atoms with van der Waals surface area (Å²) in [7, 11) is 0. The topological polar surface area (TPSA) is 32.3 Å². The minimum Gasteiger partial charge on any atom is -0.384 e. The Balaban J connectivity index is 1.53. The Bertz CT molecular complexity index is 1140. The van der Waals surface area contributed by atoms with E-state index in [1.165, 1.54) is 49.8 Å². The van der Waals surface area contributed by atoms with Crippen LogP contribution in [-0.2, 0) is 18.4 Å². The summed E-state index contributed by atoms with van der Waals surface area (Å²) in [6.07, 6.45) is 7.14. The summed E-state index contributed by atoms with van der Waals surface area (Å²) in [6, 6.07) is 23.0. The van der Waals surface area contributed by atoms with Gasteiger partial charge in [-0.15, -0.1) is 0 Å². The van der Waals surface area contributed by atoms with Crippen molar-refractivity contribution in [3.8, 4) is 0 Å². The number of nitrogens with zero attached hydrogens (tertiary/aromatic N) is 1. The molecule has 37 heavy (non-hydrogen) atoms. The van der Waals surface area contributed by atoms with Crippen molar-refractivity contribution in [2.75, 3.05) is 18.4 Å². The van der Waals surface area contributed by atoms with E-state index >= 15 is 0 Å². The maximum atomic E-state index is 13.9. The fraction of sp³-hybridized carbons (Fsp3) is 0.424. The van der Waals surface area contributed by atoms with Gasteiger partial charge in [-0.3, -0.25) is 4.79 Å². The molecule has 0 unspecified atom stereocenters. The number of benzene rings is 3. The third kappa shape index (κ3) is 7.67. The Morgan fingerprint density at radius 3 is 2.22 bits per heavy atom. The number of hydrogen-bond donors (Lipinski definition) is 1. The molecule has 0 atom stereocenters. The molecule has 3 aromatic carbocycles. The number of hydrogen-bond acceptors (Lipinski definition) is 2. The SMILES string of the molecule is CC(C)(C)c1ccc(CN(CCc2ccc(F)cc2)C(=O)c2ccccc2NCC2CCCCC2)cc1. The molecule has 1 amide bonds. The number of carbonyl (C=O) groups is 1. The van der Waals surface area contributed by atoms with Crippen molar-refractivity contribution in [2.24, 2.45) is 5.92 Å². The lowest BCUT2D eigenvalue weighted by atomic mass is 9.87. The van der Waals surface area contributed by atoms with E-state index in [1.54, 1.807) is 12.1 Å². The smallest absolute Gasteiger partial charge is 0.256 e. The van der Waals surface area contributed by atoms with Crippen LogP contribution in [0.15, 0.2) is 72.8 Å². The molecule has 1 N–H and O–H groups in total. The molecule has 0 aliphatic heterocycles. The van der Waals surface area contributed by atoms with E-state index in [9.17, 15) is 9.18 Å². The molecule has 3 aromatic rings. The predicted molar refractivity (Wildman–Crippen MR) is 151 cm³/mol. The number of rotatable bonds is 9. The molecule has 4 rings (SSSR count). The fourth-order valence-corrected chi connectivity index (χ4v) is 5.14. The highest BCUT2D eigenvalue weighted by Gasteiger charge is 2.21. The molecule has 1 saturated carbocycles. The lowest BCUT2D eigenvalue weighted by molar-refractivity contribution is 0.0746. The Morgan fingerprint density at radius 2 is 1.54 bits per heavy atom. The molecule has 0 spiro atoms. The summed E-state index contributed by atoms with van der Waals surface area (Å²) in [5.74, 6) is 0.454. The maximum absolute atomic E-state index is 13.9. The zero-order valence-electron chi connectivity index (χ0n) is 22.6. The highest BCUT2D eigenvalue weighted by Crippen LogP contribution is 2.26. The number of amides is 1. The van der Waals surface area contributed by atoms with Gasteiger partial charge in [-0.2, -0.15) is 0 Å². The van der Waals surface area contributed by atoms with E-state index in [2.05, 4.69) is 50.4 Å². The van der Waals surface area contributed by atoms with Gasteiger partial charge in [-0.1, -0.05) is 88.6 Å². The van der Waals surface area contributed by atoms with Crippen molar-refractivity contribution in [2.45, 2.75) is 71.3 Å². The Hall–Kier alpha value is -3.14. The normalized spacial score (nSPS) is 14.4. The van der Waals surface area contributed by atoms with Gasteiger partial charge in [0.25, 0.3) is 5.91 Å². The number of halogens is 1. The third-order valence-corrected chi connectivity index (χ3v) is 7.53. The highest BCUT2D eigenvalue weighted by atomic mass is 19.1. The zero-order valence-corrected chi connectivity index (χ0v) is 22.6. The molecular formula is C33H41FN2O. The van der Waals surface area contributed by atoms with Gasteiger partial charge in [0.05, 0.1) is 5.56 Å². The molecule has 0 heterocycles. The van der Waals surface area contributed by atoms with Crippen LogP contribution < -0.4 is 5.32 Å². The molecule has 0 saturated heterocycles. The van der Waals surface area contributed by atoms with Crippen LogP contribution >= 0.6 is 0 Å². The monoisotopic (exact) mass is 500 g/mol. The highest BCUT2D eigenvalue weighted by molar-refractivity contribution is 5.99. The summed E-state index contributed by atoms with van der Waals surface area (Å²) in [5, 5.41) is 3.60. The van der Waals surface area contributed by atoms with Crippen LogP contribution in [0.1, 0.15) is 79.9 Å². The summed E-state index contributed by atoms with van der Waals surface area (Å²) >= 11 is 0. The fourth-order valence-electron chi connectivity index (χ4n) is 5.14. The number of nitrogens with one attached hydrogen (secondary N) is 1. The molecule has 3 nitrogen and oxygen atoms in total. The molecule has 1 fully saturated rings. The van der Waals surface area contributed by atoms with Gasteiger partial charge < -0.3 is 10.2 Å². The number of carbonyl (C=O) groups excluding carboxylic acids is 1. The first-order chi connectivity index (χ1) is 17.8. The van der Waals surface area contributed by atoms with Gasteiger partial charge in [-0.05, 0) is 71.6 Å². The largest absolute Gasteiger partial charge is 0.384 e. The van der Waals surface area contributed by atoms with E-state index in [1.807, 2.05) is 29.2 Å².